The van der Waals surface area contributed by atoms with Crippen LogP contribution < -0.4 is 11.5 Å². The molecule has 2 rings (SSSR count). The number of aromatic nitrogens is 3. The third kappa shape index (κ3) is 2.25. The van der Waals surface area contributed by atoms with Gasteiger partial charge in [0.2, 0.25) is 5.91 Å². The summed E-state index contributed by atoms with van der Waals surface area (Å²) in [6.45, 7) is 0. The van der Waals surface area contributed by atoms with Crippen molar-refractivity contribution in [1.82, 2.24) is 15.4 Å². The smallest absolute Gasteiger partial charge is 0.248 e. The van der Waals surface area contributed by atoms with E-state index < -0.39 is 11.7 Å². The van der Waals surface area contributed by atoms with Gasteiger partial charge in [0.15, 0.2) is 5.82 Å². The van der Waals surface area contributed by atoms with Crippen LogP contribution in [0.5, 0.6) is 0 Å². The van der Waals surface area contributed by atoms with Gasteiger partial charge in [-0.05, 0) is 12.1 Å². The second kappa shape index (κ2) is 4.61. The first-order chi connectivity index (χ1) is 8.49. The fraction of sp³-hybridized carbons (Fsp3) is 0.100. The third-order valence-electron chi connectivity index (χ3n) is 2.42. The number of carbonyl (C=O) groups excluding carboxylic acids is 1. The molecule has 0 bridgehead atoms. The van der Waals surface area contributed by atoms with Crippen molar-refractivity contribution in [2.75, 3.05) is 5.73 Å². The van der Waals surface area contributed by atoms with Crippen LogP contribution in [0.4, 0.5) is 10.2 Å². The number of nitrogens with two attached hydrogens (primary N) is 2. The number of aromatic amines is 1. The molecule has 1 amide bonds. The molecule has 0 unspecified atom stereocenters. The first-order valence-electron chi connectivity index (χ1n) is 4.92. The van der Waals surface area contributed by atoms with Gasteiger partial charge < -0.3 is 11.5 Å². The van der Waals surface area contributed by atoms with E-state index in [0.29, 0.717) is 5.69 Å². The summed E-state index contributed by atoms with van der Waals surface area (Å²) >= 11 is 5.90. The van der Waals surface area contributed by atoms with E-state index in [1.54, 1.807) is 0 Å². The van der Waals surface area contributed by atoms with Crippen molar-refractivity contribution < 1.29 is 9.18 Å². The van der Waals surface area contributed by atoms with Crippen LogP contribution >= 0.6 is 11.6 Å². The quantitative estimate of drug-likeness (QED) is 0.767. The number of nitrogens with one attached hydrogen (secondary N) is 1. The van der Waals surface area contributed by atoms with Gasteiger partial charge >= 0.3 is 0 Å². The molecule has 2 aromatic rings. The van der Waals surface area contributed by atoms with Crippen molar-refractivity contribution in [1.29, 1.82) is 0 Å². The van der Waals surface area contributed by atoms with Gasteiger partial charge in [-0.2, -0.15) is 10.3 Å². The number of benzene rings is 1. The predicted molar refractivity (Wildman–Crippen MR) is 63.5 cm³/mol. The molecular weight excluding hydrogens is 261 g/mol. The number of carbonyl (C=O) groups is 1. The highest BCUT2D eigenvalue weighted by Crippen LogP contribution is 2.24. The van der Waals surface area contributed by atoms with Crippen molar-refractivity contribution in [2.45, 2.75) is 6.42 Å². The first kappa shape index (κ1) is 12.3. The molecule has 1 aromatic carbocycles. The minimum atomic E-state index is -0.747. The second-order valence-electron chi connectivity index (χ2n) is 3.62. The van der Waals surface area contributed by atoms with E-state index in [4.69, 9.17) is 23.1 Å². The molecule has 18 heavy (non-hydrogen) atoms. The number of H-pyrrole nitrogens is 1. The van der Waals surface area contributed by atoms with E-state index in [1.165, 1.54) is 6.07 Å². The van der Waals surface area contributed by atoms with Crippen molar-refractivity contribution in [3.05, 3.63) is 39.8 Å². The molecule has 0 aliphatic carbocycles. The molecule has 8 heteroatoms. The number of anilines is 1. The zero-order valence-electron chi connectivity index (χ0n) is 9.08. The van der Waals surface area contributed by atoms with Crippen LogP contribution in [0, 0.1) is 5.82 Å². The number of rotatable bonds is 3. The topological polar surface area (TPSA) is 111 Å². The van der Waals surface area contributed by atoms with Gasteiger partial charge in [0, 0.05) is 22.6 Å². The summed E-state index contributed by atoms with van der Waals surface area (Å²) in [5.41, 5.74) is 11.1. The van der Waals surface area contributed by atoms with Gasteiger partial charge in [0.1, 0.15) is 11.5 Å². The Bertz CT molecular complexity index is 589. The number of hydrogen-bond acceptors (Lipinski definition) is 4. The lowest BCUT2D eigenvalue weighted by Crippen LogP contribution is -2.12. The van der Waals surface area contributed by atoms with E-state index in [1.807, 2.05) is 0 Å². The Hall–Kier alpha value is -2.15. The van der Waals surface area contributed by atoms with Crippen LogP contribution in [-0.2, 0) is 6.42 Å². The average molecular weight is 270 g/mol. The summed E-state index contributed by atoms with van der Waals surface area (Å²) in [6.07, 6.45) is 0.0754. The maximum Gasteiger partial charge on any atom is 0.248 e. The van der Waals surface area contributed by atoms with Crippen LogP contribution in [0.3, 0.4) is 0 Å². The van der Waals surface area contributed by atoms with Gasteiger partial charge in [0.05, 0.1) is 0 Å². The van der Waals surface area contributed by atoms with E-state index in [0.717, 1.165) is 6.07 Å². The highest BCUT2D eigenvalue weighted by Gasteiger charge is 2.15. The summed E-state index contributed by atoms with van der Waals surface area (Å²) in [7, 11) is 0. The largest absolute Gasteiger partial charge is 0.381 e. The van der Waals surface area contributed by atoms with Crippen LogP contribution in [0.25, 0.3) is 0 Å². The third-order valence-corrected chi connectivity index (χ3v) is 2.76. The molecule has 0 aliphatic heterocycles. The monoisotopic (exact) mass is 269 g/mol. The molecule has 0 aliphatic rings. The van der Waals surface area contributed by atoms with E-state index in [2.05, 4.69) is 15.4 Å². The number of amides is 1. The number of primary amides is 1. The molecule has 0 saturated carbocycles. The van der Waals surface area contributed by atoms with Gasteiger partial charge in [-0.25, -0.2) is 4.39 Å². The fourth-order valence-corrected chi connectivity index (χ4v) is 1.75. The number of nitrogen functional groups attached to an aromatic ring is 1. The van der Waals surface area contributed by atoms with Gasteiger partial charge in [-0.3, -0.25) is 4.79 Å². The van der Waals surface area contributed by atoms with Gasteiger partial charge in [-0.15, -0.1) is 5.10 Å². The van der Waals surface area contributed by atoms with Crippen LogP contribution in [0.15, 0.2) is 12.1 Å². The molecule has 0 saturated heterocycles. The van der Waals surface area contributed by atoms with E-state index in [-0.39, 0.29) is 28.4 Å². The summed E-state index contributed by atoms with van der Waals surface area (Å²) < 4.78 is 13.8. The summed E-state index contributed by atoms with van der Waals surface area (Å²) in [6, 6.07) is 2.33. The molecule has 0 radical (unpaired) electrons. The lowest BCUT2D eigenvalue weighted by molar-refractivity contribution is 0.1000. The van der Waals surface area contributed by atoms with Gasteiger partial charge in [-0.1, -0.05) is 11.6 Å². The highest BCUT2D eigenvalue weighted by molar-refractivity contribution is 6.31. The minimum absolute atomic E-state index is 0.00868. The van der Waals surface area contributed by atoms with Crippen LogP contribution in [-0.4, -0.2) is 21.3 Å². The standard InChI is InChI=1S/C10H9ClFN5O/c11-6-1-4(10(14)18)2-7(12)5(6)3-8-9(13)16-17-15-8/h1-2H,3H2,(H2,14,18)(H3,13,15,16,17). The summed E-state index contributed by atoms with van der Waals surface area (Å²) in [5.74, 6) is -1.22. The Morgan fingerprint density at radius 2 is 2.17 bits per heavy atom. The SMILES string of the molecule is NC(=O)c1cc(F)c(Cc2n[nH]nc2N)c(Cl)c1. The average Bonchev–Trinajstić information content (AvgIpc) is 2.69. The lowest BCUT2D eigenvalue weighted by Gasteiger charge is -2.06. The van der Waals surface area contributed by atoms with Crippen LogP contribution in [0.1, 0.15) is 21.6 Å². The number of hydrogen-bond donors (Lipinski definition) is 3. The molecule has 94 valence electrons. The fourth-order valence-electron chi connectivity index (χ4n) is 1.47. The second-order valence-corrected chi connectivity index (χ2v) is 4.02. The predicted octanol–water partition coefficient (Wildman–Crippen LogP) is 0.869. The first-order valence-corrected chi connectivity index (χ1v) is 5.29. The maximum atomic E-state index is 13.8. The van der Waals surface area contributed by atoms with Crippen molar-refractivity contribution >= 4 is 23.3 Å². The Morgan fingerprint density at radius 3 is 2.67 bits per heavy atom. The molecule has 0 atom stereocenters. The number of nitrogens with zero attached hydrogens (tertiary/aromatic N) is 2. The molecule has 1 aromatic heterocycles. The highest BCUT2D eigenvalue weighted by atomic mass is 35.5. The number of halogens is 2. The molecule has 6 nitrogen and oxygen atoms in total. The molecule has 0 fully saturated rings. The summed E-state index contributed by atoms with van der Waals surface area (Å²) in [5, 5.41) is 9.80. The lowest BCUT2D eigenvalue weighted by atomic mass is 10.1. The molecule has 1 heterocycles. The Kier molecular flexibility index (Phi) is 3.15. The Morgan fingerprint density at radius 1 is 1.44 bits per heavy atom. The minimum Gasteiger partial charge on any atom is -0.381 e. The van der Waals surface area contributed by atoms with Crippen molar-refractivity contribution in [3.63, 3.8) is 0 Å². The Labute approximate surface area is 106 Å². The molecule has 5 N–H and O–H groups in total. The maximum absolute atomic E-state index is 13.8. The summed E-state index contributed by atoms with van der Waals surface area (Å²) in [4.78, 5) is 10.9. The zero-order chi connectivity index (χ0) is 13.3. The molecule has 0 spiro atoms. The van der Waals surface area contributed by atoms with Crippen molar-refractivity contribution in [2.24, 2.45) is 5.73 Å². The van der Waals surface area contributed by atoms with Crippen molar-refractivity contribution in [3.8, 4) is 0 Å². The van der Waals surface area contributed by atoms with E-state index >= 15 is 0 Å². The Balaban J connectivity index is 2.40. The molecular formula is C10H9ClFN5O. The normalized spacial score (nSPS) is 10.6. The van der Waals surface area contributed by atoms with Gasteiger partial charge in [0.25, 0.3) is 0 Å². The van der Waals surface area contributed by atoms with E-state index in [9.17, 15) is 9.18 Å². The van der Waals surface area contributed by atoms with Crippen LogP contribution in [0.2, 0.25) is 5.02 Å². The zero-order valence-corrected chi connectivity index (χ0v) is 9.83.